The maximum Gasteiger partial charge on any atom is 0.338 e. The van der Waals surface area contributed by atoms with Crippen LogP contribution in [0.25, 0.3) is 5.57 Å². The van der Waals surface area contributed by atoms with Crippen LogP contribution in [0.1, 0.15) is 61.9 Å². The molecule has 0 aliphatic carbocycles. The van der Waals surface area contributed by atoms with Gasteiger partial charge in [-0.1, -0.05) is 101 Å². The highest BCUT2D eigenvalue weighted by molar-refractivity contribution is 5.89. The van der Waals surface area contributed by atoms with E-state index >= 15 is 0 Å². The number of benzene rings is 2. The molecule has 2 aromatic carbocycles. The number of carbonyl (C=O) groups excluding carboxylic acids is 1. The summed E-state index contributed by atoms with van der Waals surface area (Å²) in [5.74, 6) is 0.141. The summed E-state index contributed by atoms with van der Waals surface area (Å²) in [6.07, 6.45) is 7.64. The molecule has 2 atom stereocenters. The standard InChI is InChI=1S/C34H40O2/c1-8-32(27(5)22-23-29(7)36-34(35)31-18-14-11-15-19-31)33(9-2)28(6)24-25(3)20-21-26(4)30-16-12-10-13-17-30/h8-19,25,29H,1-2,4-6,20-24H2,3,7H3/b33-32-. The third-order valence-corrected chi connectivity index (χ3v) is 6.35. The van der Waals surface area contributed by atoms with Gasteiger partial charge in [0, 0.05) is 0 Å². The van der Waals surface area contributed by atoms with E-state index in [2.05, 4.69) is 52.0 Å². The summed E-state index contributed by atoms with van der Waals surface area (Å²) < 4.78 is 5.60. The van der Waals surface area contributed by atoms with Gasteiger partial charge in [0.2, 0.25) is 0 Å². The van der Waals surface area contributed by atoms with Crippen LogP contribution in [0.5, 0.6) is 0 Å². The Kier molecular flexibility index (Phi) is 11.7. The average molecular weight is 481 g/mol. The first-order chi connectivity index (χ1) is 17.3. The van der Waals surface area contributed by atoms with E-state index in [-0.39, 0.29) is 12.1 Å². The van der Waals surface area contributed by atoms with Crippen LogP contribution in [0.15, 0.2) is 128 Å². The van der Waals surface area contributed by atoms with Crippen LogP contribution in [0, 0.1) is 5.92 Å². The Bertz CT molecular complexity index is 1100. The molecular weight excluding hydrogens is 440 g/mol. The number of hydrogen-bond donors (Lipinski definition) is 0. The smallest absolute Gasteiger partial charge is 0.338 e. The number of carbonyl (C=O) groups is 1. The number of allylic oxidation sites excluding steroid dienone is 7. The lowest BCUT2D eigenvalue weighted by molar-refractivity contribution is 0.0325. The molecule has 0 radical (unpaired) electrons. The summed E-state index contributed by atoms with van der Waals surface area (Å²) in [6.45, 7) is 25.1. The Morgan fingerprint density at radius 3 is 1.86 bits per heavy atom. The van der Waals surface area contributed by atoms with E-state index < -0.39 is 0 Å². The van der Waals surface area contributed by atoms with Crippen LogP contribution < -0.4 is 0 Å². The molecule has 0 bridgehead atoms. The van der Waals surface area contributed by atoms with Gasteiger partial charge in [-0.3, -0.25) is 0 Å². The molecule has 0 aliphatic rings. The van der Waals surface area contributed by atoms with Crippen LogP contribution in [-0.2, 0) is 4.74 Å². The number of hydrogen-bond acceptors (Lipinski definition) is 2. The second-order valence-corrected chi connectivity index (χ2v) is 9.38. The van der Waals surface area contributed by atoms with Crippen LogP contribution in [-0.4, -0.2) is 12.1 Å². The predicted molar refractivity (Wildman–Crippen MR) is 155 cm³/mol. The second kappa shape index (κ2) is 14.7. The van der Waals surface area contributed by atoms with E-state index in [1.54, 1.807) is 12.1 Å². The van der Waals surface area contributed by atoms with Crippen LogP contribution >= 0.6 is 0 Å². The van der Waals surface area contributed by atoms with E-state index in [0.29, 0.717) is 24.3 Å². The van der Waals surface area contributed by atoms with Crippen molar-refractivity contribution >= 4 is 11.5 Å². The van der Waals surface area contributed by atoms with E-state index in [1.165, 1.54) is 5.56 Å². The first kappa shape index (κ1) is 28.6. The number of ether oxygens (including phenoxy) is 1. The molecule has 0 aliphatic heterocycles. The van der Waals surface area contributed by atoms with Crippen LogP contribution in [0.3, 0.4) is 0 Å². The van der Waals surface area contributed by atoms with Crippen LogP contribution in [0.4, 0.5) is 0 Å². The molecule has 0 spiro atoms. The lowest BCUT2D eigenvalue weighted by atomic mass is 9.87. The van der Waals surface area contributed by atoms with Crippen molar-refractivity contribution in [1.29, 1.82) is 0 Å². The van der Waals surface area contributed by atoms with Crippen molar-refractivity contribution in [3.8, 4) is 0 Å². The van der Waals surface area contributed by atoms with E-state index in [1.807, 2.05) is 55.5 Å². The van der Waals surface area contributed by atoms with Crippen molar-refractivity contribution in [3.63, 3.8) is 0 Å². The highest BCUT2D eigenvalue weighted by Gasteiger charge is 2.15. The third kappa shape index (κ3) is 8.85. The molecule has 0 fully saturated rings. The van der Waals surface area contributed by atoms with Gasteiger partial charge in [-0.2, -0.15) is 0 Å². The number of esters is 1. The van der Waals surface area contributed by atoms with E-state index in [0.717, 1.165) is 47.1 Å². The topological polar surface area (TPSA) is 26.3 Å². The predicted octanol–water partition coefficient (Wildman–Crippen LogP) is 9.31. The van der Waals surface area contributed by atoms with Crippen molar-refractivity contribution in [1.82, 2.24) is 0 Å². The molecule has 36 heavy (non-hydrogen) atoms. The molecule has 2 unspecified atom stereocenters. The minimum absolute atomic E-state index is 0.228. The van der Waals surface area contributed by atoms with Gasteiger partial charge in [0.1, 0.15) is 0 Å². The Labute approximate surface area is 218 Å². The highest BCUT2D eigenvalue weighted by Crippen LogP contribution is 2.30. The molecular formula is C34H40O2. The molecule has 2 nitrogen and oxygen atoms in total. The second-order valence-electron chi connectivity index (χ2n) is 9.38. The Hall–Kier alpha value is -3.65. The SMILES string of the molecule is C=C/C(C(=C)CCC(C)OC(=O)c1ccccc1)=C(\C=C)C(=C)CC(C)CCC(=C)c1ccccc1. The molecule has 2 rings (SSSR count). The van der Waals surface area contributed by atoms with Gasteiger partial charge >= 0.3 is 5.97 Å². The number of rotatable bonds is 15. The fraction of sp³-hybridized carbons (Fsp3) is 0.265. The van der Waals surface area contributed by atoms with Gasteiger partial charge in [0.05, 0.1) is 11.7 Å². The third-order valence-electron chi connectivity index (χ3n) is 6.35. The largest absolute Gasteiger partial charge is 0.459 e. The Morgan fingerprint density at radius 1 is 0.778 bits per heavy atom. The normalized spacial score (nSPS) is 13.1. The highest BCUT2D eigenvalue weighted by atomic mass is 16.5. The first-order valence-electron chi connectivity index (χ1n) is 12.6. The maximum atomic E-state index is 12.3. The average Bonchev–Trinajstić information content (AvgIpc) is 2.89. The van der Waals surface area contributed by atoms with Crippen molar-refractivity contribution < 1.29 is 9.53 Å². The van der Waals surface area contributed by atoms with Crippen LogP contribution in [0.2, 0.25) is 0 Å². The lowest BCUT2D eigenvalue weighted by Crippen LogP contribution is -2.15. The summed E-state index contributed by atoms with van der Waals surface area (Å²) in [4.78, 5) is 12.3. The monoisotopic (exact) mass is 480 g/mol. The van der Waals surface area contributed by atoms with Gasteiger partial charge in [-0.05, 0) is 90.5 Å². The quantitative estimate of drug-likeness (QED) is 0.187. The lowest BCUT2D eigenvalue weighted by Gasteiger charge is -2.19. The molecule has 0 aromatic heterocycles. The van der Waals surface area contributed by atoms with E-state index in [4.69, 9.17) is 4.74 Å². The van der Waals surface area contributed by atoms with Crippen molar-refractivity contribution in [2.45, 2.75) is 52.1 Å². The Morgan fingerprint density at radius 2 is 1.31 bits per heavy atom. The molecule has 0 saturated carbocycles. The van der Waals surface area contributed by atoms with Gasteiger partial charge < -0.3 is 4.74 Å². The zero-order valence-corrected chi connectivity index (χ0v) is 22.0. The Balaban J connectivity index is 1.92. The molecule has 188 valence electrons. The van der Waals surface area contributed by atoms with Crippen molar-refractivity contribution in [2.24, 2.45) is 5.92 Å². The first-order valence-corrected chi connectivity index (χ1v) is 12.6. The molecule has 0 heterocycles. The summed E-state index contributed by atoms with van der Waals surface area (Å²) in [6, 6.07) is 19.4. The molecule has 0 N–H and O–H groups in total. The zero-order valence-electron chi connectivity index (χ0n) is 22.0. The van der Waals surface area contributed by atoms with Gasteiger partial charge in [0.25, 0.3) is 0 Å². The zero-order chi connectivity index (χ0) is 26.5. The van der Waals surface area contributed by atoms with Crippen molar-refractivity contribution in [3.05, 3.63) is 139 Å². The molecule has 0 amide bonds. The summed E-state index contributed by atoms with van der Waals surface area (Å²) in [5.41, 5.74) is 6.83. The minimum atomic E-state index is -0.308. The van der Waals surface area contributed by atoms with E-state index in [9.17, 15) is 4.79 Å². The summed E-state index contributed by atoms with van der Waals surface area (Å²) >= 11 is 0. The fourth-order valence-electron chi connectivity index (χ4n) is 4.16. The van der Waals surface area contributed by atoms with Crippen molar-refractivity contribution in [2.75, 3.05) is 0 Å². The molecule has 2 heteroatoms. The minimum Gasteiger partial charge on any atom is -0.459 e. The fourth-order valence-corrected chi connectivity index (χ4v) is 4.16. The summed E-state index contributed by atoms with van der Waals surface area (Å²) in [5, 5.41) is 0. The van der Waals surface area contributed by atoms with Gasteiger partial charge in [0.15, 0.2) is 0 Å². The maximum absolute atomic E-state index is 12.3. The summed E-state index contributed by atoms with van der Waals surface area (Å²) in [7, 11) is 0. The van der Waals surface area contributed by atoms with Gasteiger partial charge in [-0.25, -0.2) is 4.79 Å². The van der Waals surface area contributed by atoms with Gasteiger partial charge in [-0.15, -0.1) is 0 Å². The molecule has 2 aromatic rings. The molecule has 0 saturated heterocycles.